The lowest BCUT2D eigenvalue weighted by atomic mass is 10.3. The molecule has 13 heavy (non-hydrogen) atoms. The highest BCUT2D eigenvalue weighted by Crippen LogP contribution is 2.28. The first kappa shape index (κ1) is 8.52. The first-order chi connectivity index (χ1) is 6.34. The van der Waals surface area contributed by atoms with Gasteiger partial charge in [-0.15, -0.1) is 10.2 Å². The van der Waals surface area contributed by atoms with E-state index in [4.69, 9.17) is 5.73 Å². The molecule has 0 radical (unpaired) electrons. The van der Waals surface area contributed by atoms with Gasteiger partial charge in [0.25, 0.3) is 0 Å². The number of rotatable bonds is 2. The van der Waals surface area contributed by atoms with E-state index in [1.807, 2.05) is 24.3 Å². The third kappa shape index (κ3) is 2.19. The maximum atomic E-state index is 5.57. The van der Waals surface area contributed by atoms with Crippen LogP contribution in [0.15, 0.2) is 39.0 Å². The summed E-state index contributed by atoms with van der Waals surface area (Å²) in [6.07, 6.45) is 0. The lowest BCUT2D eigenvalue weighted by Gasteiger charge is -1.96. The van der Waals surface area contributed by atoms with Crippen LogP contribution in [-0.2, 0) is 0 Å². The van der Waals surface area contributed by atoms with E-state index < -0.39 is 0 Å². The summed E-state index contributed by atoms with van der Waals surface area (Å²) in [7, 11) is 0. The Bertz CT molecular complexity index is 369. The molecule has 0 atom stereocenters. The Morgan fingerprint density at radius 1 is 1.23 bits per heavy atom. The Morgan fingerprint density at radius 3 is 2.62 bits per heavy atom. The predicted octanol–water partition coefficient (Wildman–Crippen LogP) is 2.27. The van der Waals surface area contributed by atoms with Crippen LogP contribution in [-0.4, -0.2) is 10.2 Å². The zero-order valence-corrected chi connectivity index (χ0v) is 8.31. The topological polar surface area (TPSA) is 51.8 Å². The lowest BCUT2D eigenvalue weighted by molar-refractivity contribution is 1.01. The van der Waals surface area contributed by atoms with Gasteiger partial charge in [0, 0.05) is 10.6 Å². The SMILES string of the molecule is Nc1ccc(Sc2nncs2)cc1. The van der Waals surface area contributed by atoms with Crippen molar-refractivity contribution in [2.45, 2.75) is 9.24 Å². The van der Waals surface area contributed by atoms with Crippen molar-refractivity contribution in [3.63, 3.8) is 0 Å². The van der Waals surface area contributed by atoms with Gasteiger partial charge < -0.3 is 5.73 Å². The van der Waals surface area contributed by atoms with Crippen molar-refractivity contribution >= 4 is 28.8 Å². The monoisotopic (exact) mass is 209 g/mol. The quantitative estimate of drug-likeness (QED) is 0.771. The average molecular weight is 209 g/mol. The van der Waals surface area contributed by atoms with Gasteiger partial charge in [-0.1, -0.05) is 23.1 Å². The van der Waals surface area contributed by atoms with Gasteiger partial charge in [-0.25, -0.2) is 0 Å². The van der Waals surface area contributed by atoms with Gasteiger partial charge in [0.05, 0.1) is 0 Å². The molecule has 2 rings (SSSR count). The van der Waals surface area contributed by atoms with E-state index in [1.54, 1.807) is 17.3 Å². The molecule has 1 aromatic carbocycles. The van der Waals surface area contributed by atoms with Crippen LogP contribution < -0.4 is 5.73 Å². The summed E-state index contributed by atoms with van der Waals surface area (Å²) in [5, 5.41) is 7.69. The summed E-state index contributed by atoms with van der Waals surface area (Å²) in [5.74, 6) is 0. The van der Waals surface area contributed by atoms with E-state index in [0.29, 0.717) is 0 Å². The van der Waals surface area contributed by atoms with E-state index >= 15 is 0 Å². The fraction of sp³-hybridized carbons (Fsp3) is 0. The van der Waals surface area contributed by atoms with Crippen LogP contribution in [0.1, 0.15) is 0 Å². The summed E-state index contributed by atoms with van der Waals surface area (Å²) in [6, 6.07) is 7.70. The molecule has 0 amide bonds. The Hall–Kier alpha value is -1.07. The summed E-state index contributed by atoms with van der Waals surface area (Å²) in [4.78, 5) is 1.13. The maximum absolute atomic E-state index is 5.57. The zero-order chi connectivity index (χ0) is 9.10. The van der Waals surface area contributed by atoms with Gasteiger partial charge in [-0.3, -0.25) is 0 Å². The average Bonchev–Trinajstić information content (AvgIpc) is 2.62. The first-order valence-electron chi connectivity index (χ1n) is 3.64. The molecule has 0 aliphatic heterocycles. The van der Waals surface area contributed by atoms with Crippen LogP contribution in [0.4, 0.5) is 5.69 Å². The largest absolute Gasteiger partial charge is 0.399 e. The highest BCUT2D eigenvalue weighted by molar-refractivity contribution is 8.01. The standard InChI is InChI=1S/C8H7N3S2/c9-6-1-3-7(4-2-6)13-8-11-10-5-12-8/h1-5H,9H2. The van der Waals surface area contributed by atoms with Crippen LogP contribution >= 0.6 is 23.1 Å². The molecule has 5 heteroatoms. The molecular formula is C8H7N3S2. The molecule has 0 bridgehead atoms. The third-order valence-corrected chi connectivity index (χ3v) is 3.21. The second-order valence-corrected chi connectivity index (χ2v) is 4.53. The van der Waals surface area contributed by atoms with Crippen molar-refractivity contribution < 1.29 is 0 Å². The highest BCUT2D eigenvalue weighted by atomic mass is 32.2. The van der Waals surface area contributed by atoms with Gasteiger partial charge in [-0.2, -0.15) is 0 Å². The Labute approximate surface area is 84.0 Å². The molecule has 2 N–H and O–H groups in total. The van der Waals surface area contributed by atoms with E-state index in [-0.39, 0.29) is 0 Å². The Balaban J connectivity index is 2.15. The third-order valence-electron chi connectivity index (χ3n) is 1.43. The zero-order valence-electron chi connectivity index (χ0n) is 6.68. The summed E-state index contributed by atoms with van der Waals surface area (Å²) in [6.45, 7) is 0. The van der Waals surface area contributed by atoms with Crippen LogP contribution in [0, 0.1) is 0 Å². The van der Waals surface area contributed by atoms with E-state index in [9.17, 15) is 0 Å². The van der Waals surface area contributed by atoms with Crippen LogP contribution in [0.5, 0.6) is 0 Å². The number of nitrogens with two attached hydrogens (primary N) is 1. The van der Waals surface area contributed by atoms with E-state index in [0.717, 1.165) is 14.9 Å². The summed E-state index contributed by atoms with van der Waals surface area (Å²) in [5.41, 5.74) is 8.07. The number of hydrogen-bond donors (Lipinski definition) is 1. The minimum absolute atomic E-state index is 0.779. The van der Waals surface area contributed by atoms with Crippen molar-refractivity contribution in [1.82, 2.24) is 10.2 Å². The molecule has 1 heterocycles. The number of anilines is 1. The molecule has 0 aliphatic carbocycles. The van der Waals surface area contributed by atoms with Crippen LogP contribution in [0.3, 0.4) is 0 Å². The van der Waals surface area contributed by atoms with Gasteiger partial charge in [0.2, 0.25) is 0 Å². The minimum atomic E-state index is 0.779. The second kappa shape index (κ2) is 3.76. The number of nitrogens with zero attached hydrogens (tertiary/aromatic N) is 2. The van der Waals surface area contributed by atoms with Crippen molar-refractivity contribution in [1.29, 1.82) is 0 Å². The van der Waals surface area contributed by atoms with Gasteiger partial charge in [0.1, 0.15) is 5.51 Å². The Morgan fingerprint density at radius 2 is 2.00 bits per heavy atom. The molecule has 1 aromatic heterocycles. The lowest BCUT2D eigenvalue weighted by Crippen LogP contribution is -1.82. The van der Waals surface area contributed by atoms with Crippen molar-refractivity contribution in [3.05, 3.63) is 29.8 Å². The molecule has 0 aliphatic rings. The van der Waals surface area contributed by atoms with Crippen molar-refractivity contribution in [3.8, 4) is 0 Å². The fourth-order valence-electron chi connectivity index (χ4n) is 0.844. The molecule has 0 saturated carbocycles. The highest BCUT2D eigenvalue weighted by Gasteiger charge is 1.99. The van der Waals surface area contributed by atoms with Gasteiger partial charge in [0.15, 0.2) is 4.34 Å². The Kier molecular flexibility index (Phi) is 2.47. The smallest absolute Gasteiger partial charge is 0.178 e. The predicted molar refractivity (Wildman–Crippen MR) is 54.9 cm³/mol. The normalized spacial score (nSPS) is 10.2. The molecule has 66 valence electrons. The van der Waals surface area contributed by atoms with Gasteiger partial charge >= 0.3 is 0 Å². The summed E-state index contributed by atoms with van der Waals surface area (Å²) >= 11 is 3.12. The molecule has 0 fully saturated rings. The van der Waals surface area contributed by atoms with Crippen LogP contribution in [0.25, 0.3) is 0 Å². The maximum Gasteiger partial charge on any atom is 0.178 e. The number of hydrogen-bond acceptors (Lipinski definition) is 5. The van der Waals surface area contributed by atoms with Crippen molar-refractivity contribution in [2.24, 2.45) is 0 Å². The number of benzene rings is 1. The number of nitrogen functional groups attached to an aromatic ring is 1. The number of aromatic nitrogens is 2. The first-order valence-corrected chi connectivity index (χ1v) is 5.34. The molecule has 0 spiro atoms. The van der Waals surface area contributed by atoms with E-state index in [2.05, 4.69) is 10.2 Å². The molecule has 0 unspecified atom stereocenters. The van der Waals surface area contributed by atoms with E-state index in [1.165, 1.54) is 11.3 Å². The van der Waals surface area contributed by atoms with Gasteiger partial charge in [-0.05, 0) is 24.3 Å². The van der Waals surface area contributed by atoms with Crippen molar-refractivity contribution in [2.75, 3.05) is 5.73 Å². The molecular weight excluding hydrogens is 202 g/mol. The molecule has 2 aromatic rings. The fourth-order valence-corrected chi connectivity index (χ4v) is 2.29. The summed E-state index contributed by atoms with van der Waals surface area (Å²) < 4.78 is 0.949. The second-order valence-electron chi connectivity index (χ2n) is 2.38. The minimum Gasteiger partial charge on any atom is -0.399 e. The molecule has 0 saturated heterocycles. The van der Waals surface area contributed by atoms with Crippen LogP contribution in [0.2, 0.25) is 0 Å². The molecule has 3 nitrogen and oxygen atoms in total.